The number of nitrogens with one attached hydrogen (secondary N) is 1. The molecule has 1 saturated carbocycles. The van der Waals surface area contributed by atoms with Crippen LogP contribution in [-0.4, -0.2) is 50.2 Å². The average molecular weight is 242 g/mol. The lowest BCUT2D eigenvalue weighted by atomic mass is 9.85. The van der Waals surface area contributed by atoms with Crippen LogP contribution in [-0.2, 0) is 9.53 Å². The summed E-state index contributed by atoms with van der Waals surface area (Å²) in [6.45, 7) is 7.31. The highest BCUT2D eigenvalue weighted by Crippen LogP contribution is 2.27. The van der Waals surface area contributed by atoms with E-state index in [1.54, 1.807) is 0 Å². The van der Waals surface area contributed by atoms with Crippen LogP contribution in [0.2, 0.25) is 0 Å². The van der Waals surface area contributed by atoms with Crippen LogP contribution in [0.3, 0.4) is 0 Å². The van der Waals surface area contributed by atoms with Gasteiger partial charge in [0.05, 0.1) is 6.61 Å². The molecule has 0 saturated heterocycles. The van der Waals surface area contributed by atoms with Crippen LogP contribution >= 0.6 is 0 Å². The minimum atomic E-state index is -0.199. The van der Waals surface area contributed by atoms with E-state index in [0.717, 1.165) is 25.6 Å². The normalized spacial score (nSPS) is 17.9. The van der Waals surface area contributed by atoms with Gasteiger partial charge in [0.15, 0.2) is 0 Å². The number of esters is 1. The van der Waals surface area contributed by atoms with Gasteiger partial charge in [-0.2, -0.15) is 0 Å². The zero-order valence-electron chi connectivity index (χ0n) is 11.4. The lowest BCUT2D eigenvalue weighted by Gasteiger charge is -2.33. The summed E-state index contributed by atoms with van der Waals surface area (Å²) < 4.78 is 5.06. The van der Waals surface area contributed by atoms with E-state index in [-0.39, 0.29) is 12.0 Å². The number of likely N-dealkylation sites (N-methyl/N-ethyl adjacent to an activating group) is 2. The predicted octanol–water partition coefficient (Wildman–Crippen LogP) is 1.26. The highest BCUT2D eigenvalue weighted by atomic mass is 16.5. The van der Waals surface area contributed by atoms with Crippen molar-refractivity contribution in [3.05, 3.63) is 0 Å². The van der Waals surface area contributed by atoms with Crippen molar-refractivity contribution in [3.8, 4) is 0 Å². The van der Waals surface area contributed by atoms with E-state index in [1.807, 2.05) is 14.0 Å². The van der Waals surface area contributed by atoms with Gasteiger partial charge >= 0.3 is 5.97 Å². The number of carbonyl (C=O) groups excluding carboxylic acids is 1. The Morgan fingerprint density at radius 2 is 2.18 bits per heavy atom. The van der Waals surface area contributed by atoms with Crippen LogP contribution in [0.5, 0.6) is 0 Å². The Morgan fingerprint density at radius 1 is 1.47 bits per heavy atom. The van der Waals surface area contributed by atoms with E-state index < -0.39 is 0 Å². The molecule has 17 heavy (non-hydrogen) atoms. The first kappa shape index (κ1) is 14.5. The molecule has 1 unspecified atom stereocenters. The van der Waals surface area contributed by atoms with Crippen molar-refractivity contribution in [1.82, 2.24) is 10.2 Å². The largest absolute Gasteiger partial charge is 0.465 e. The molecule has 1 rings (SSSR count). The quantitative estimate of drug-likeness (QED) is 0.651. The summed E-state index contributed by atoms with van der Waals surface area (Å²) in [7, 11) is 1.82. The molecule has 100 valence electrons. The zero-order valence-corrected chi connectivity index (χ0v) is 11.4. The Kier molecular flexibility index (Phi) is 6.52. The molecule has 0 amide bonds. The van der Waals surface area contributed by atoms with Crippen LogP contribution in [0.15, 0.2) is 0 Å². The van der Waals surface area contributed by atoms with E-state index in [2.05, 4.69) is 17.1 Å². The first-order chi connectivity index (χ1) is 8.21. The molecule has 0 spiro atoms. The molecule has 0 heterocycles. The van der Waals surface area contributed by atoms with E-state index in [9.17, 15) is 4.79 Å². The van der Waals surface area contributed by atoms with Crippen molar-refractivity contribution in [3.63, 3.8) is 0 Å². The fourth-order valence-corrected chi connectivity index (χ4v) is 2.16. The van der Waals surface area contributed by atoms with Gasteiger partial charge in [-0.15, -0.1) is 0 Å². The van der Waals surface area contributed by atoms with Gasteiger partial charge in [0.1, 0.15) is 6.04 Å². The minimum Gasteiger partial charge on any atom is -0.465 e. The molecular formula is C13H26N2O2. The molecular weight excluding hydrogens is 216 g/mol. The summed E-state index contributed by atoms with van der Waals surface area (Å²) in [6, 6.07) is -0.199. The second-order valence-corrected chi connectivity index (χ2v) is 4.74. The van der Waals surface area contributed by atoms with Crippen molar-refractivity contribution >= 4 is 5.97 Å². The summed E-state index contributed by atoms with van der Waals surface area (Å²) >= 11 is 0. The van der Waals surface area contributed by atoms with Crippen LogP contribution in [0, 0.1) is 5.92 Å². The average Bonchev–Trinajstić information content (AvgIpc) is 2.27. The minimum absolute atomic E-state index is 0.137. The van der Waals surface area contributed by atoms with Crippen LogP contribution in [0.25, 0.3) is 0 Å². The van der Waals surface area contributed by atoms with Crippen molar-refractivity contribution in [2.45, 2.75) is 39.2 Å². The molecule has 0 aromatic heterocycles. The Hall–Kier alpha value is -0.610. The maximum absolute atomic E-state index is 11.7. The third kappa shape index (κ3) is 4.64. The number of carbonyl (C=O) groups is 1. The third-order valence-electron chi connectivity index (χ3n) is 3.55. The van der Waals surface area contributed by atoms with Gasteiger partial charge in [0, 0.05) is 13.1 Å². The second-order valence-electron chi connectivity index (χ2n) is 4.74. The molecule has 1 atom stereocenters. The van der Waals surface area contributed by atoms with E-state index in [1.165, 1.54) is 19.3 Å². The summed E-state index contributed by atoms with van der Waals surface area (Å²) in [4.78, 5) is 14.0. The predicted molar refractivity (Wildman–Crippen MR) is 68.9 cm³/mol. The van der Waals surface area contributed by atoms with Gasteiger partial charge in [-0.1, -0.05) is 13.3 Å². The molecule has 4 nitrogen and oxygen atoms in total. The van der Waals surface area contributed by atoms with Gasteiger partial charge in [-0.25, -0.2) is 0 Å². The maximum atomic E-state index is 11.7. The molecule has 1 fully saturated rings. The number of hydrogen-bond acceptors (Lipinski definition) is 4. The Morgan fingerprint density at radius 3 is 2.59 bits per heavy atom. The van der Waals surface area contributed by atoms with E-state index in [0.29, 0.717) is 6.61 Å². The molecule has 0 aromatic carbocycles. The van der Waals surface area contributed by atoms with Crippen LogP contribution in [0.1, 0.15) is 33.1 Å². The number of rotatable bonds is 8. The van der Waals surface area contributed by atoms with Crippen molar-refractivity contribution in [2.24, 2.45) is 5.92 Å². The summed E-state index contributed by atoms with van der Waals surface area (Å²) in [5.41, 5.74) is 0. The Bertz CT molecular complexity index is 229. The first-order valence-electron chi connectivity index (χ1n) is 6.77. The fraction of sp³-hybridized carbons (Fsp3) is 0.923. The molecule has 0 bridgehead atoms. The highest BCUT2D eigenvalue weighted by Gasteiger charge is 2.24. The van der Waals surface area contributed by atoms with Gasteiger partial charge in [-0.3, -0.25) is 4.79 Å². The Balaban J connectivity index is 2.36. The standard InChI is InChI=1S/C13H26N2O2/c1-4-15(9-11-7-6-8-11)10-12(14-3)13(16)17-5-2/h11-12,14H,4-10H2,1-3H3. The number of hydrogen-bond donors (Lipinski definition) is 1. The first-order valence-corrected chi connectivity index (χ1v) is 6.77. The van der Waals surface area contributed by atoms with E-state index in [4.69, 9.17) is 4.74 Å². The van der Waals surface area contributed by atoms with Gasteiger partial charge in [0.25, 0.3) is 0 Å². The lowest BCUT2D eigenvalue weighted by Crippen LogP contribution is -2.47. The highest BCUT2D eigenvalue weighted by molar-refractivity contribution is 5.76. The number of nitrogens with zero attached hydrogens (tertiary/aromatic N) is 1. The molecule has 0 aromatic rings. The topological polar surface area (TPSA) is 41.6 Å². The number of ether oxygens (including phenoxy) is 1. The molecule has 1 aliphatic rings. The molecule has 0 radical (unpaired) electrons. The van der Waals surface area contributed by atoms with Gasteiger partial charge < -0.3 is 15.0 Å². The molecule has 0 aliphatic heterocycles. The molecule has 1 aliphatic carbocycles. The monoisotopic (exact) mass is 242 g/mol. The van der Waals surface area contributed by atoms with Gasteiger partial charge in [-0.05, 0) is 39.3 Å². The SMILES string of the molecule is CCOC(=O)C(CN(CC)CC1CCC1)NC. The molecule has 1 N–H and O–H groups in total. The van der Waals surface area contributed by atoms with Crippen LogP contribution < -0.4 is 5.32 Å². The lowest BCUT2D eigenvalue weighted by molar-refractivity contribution is -0.146. The fourth-order valence-electron chi connectivity index (χ4n) is 2.16. The van der Waals surface area contributed by atoms with Crippen molar-refractivity contribution < 1.29 is 9.53 Å². The van der Waals surface area contributed by atoms with Crippen LogP contribution in [0.4, 0.5) is 0 Å². The van der Waals surface area contributed by atoms with Crippen molar-refractivity contribution in [2.75, 3.05) is 33.3 Å². The molecule has 4 heteroatoms. The third-order valence-corrected chi connectivity index (χ3v) is 3.55. The van der Waals surface area contributed by atoms with Gasteiger partial charge in [0.2, 0.25) is 0 Å². The summed E-state index contributed by atoms with van der Waals surface area (Å²) in [5, 5.41) is 3.04. The second kappa shape index (κ2) is 7.67. The zero-order chi connectivity index (χ0) is 12.7. The maximum Gasteiger partial charge on any atom is 0.324 e. The van der Waals surface area contributed by atoms with E-state index >= 15 is 0 Å². The van der Waals surface area contributed by atoms with Crippen molar-refractivity contribution in [1.29, 1.82) is 0 Å². The summed E-state index contributed by atoms with van der Waals surface area (Å²) in [6.07, 6.45) is 4.07. The Labute approximate surface area is 105 Å². The smallest absolute Gasteiger partial charge is 0.324 e. The summed E-state index contributed by atoms with van der Waals surface area (Å²) in [5.74, 6) is 0.705.